The molecule has 2 heteroatoms. The van der Waals surface area contributed by atoms with Gasteiger partial charge in [0.15, 0.2) is 0 Å². The molecule has 0 radical (unpaired) electrons. The molecule has 0 amide bonds. The summed E-state index contributed by atoms with van der Waals surface area (Å²) in [5.74, 6) is 0.658. The first-order valence-corrected chi connectivity index (χ1v) is 10.1. The summed E-state index contributed by atoms with van der Waals surface area (Å²) in [6.45, 7) is 11.2. The summed E-state index contributed by atoms with van der Waals surface area (Å²) in [5, 5.41) is 2.67. The Morgan fingerprint density at radius 3 is 2.35 bits per heavy atom. The fourth-order valence-electron chi connectivity index (χ4n) is 3.88. The van der Waals surface area contributed by atoms with Gasteiger partial charge in [0.25, 0.3) is 0 Å². The zero-order valence-electron chi connectivity index (χ0n) is 16.2. The largest absolute Gasteiger partial charge is 0.246 e. The maximum Gasteiger partial charge on any atom is 0.0888 e. The minimum absolute atomic E-state index is 0.658. The molecule has 2 heterocycles. The molecule has 26 heavy (non-hydrogen) atoms. The van der Waals surface area contributed by atoms with E-state index in [9.17, 15) is 0 Å². The Bertz CT molecular complexity index is 1100. The minimum Gasteiger partial charge on any atom is -0.246 e. The second-order valence-electron chi connectivity index (χ2n) is 7.81. The lowest BCUT2D eigenvalue weighted by Gasteiger charge is -2.09. The Kier molecular flexibility index (Phi) is 4.32. The van der Waals surface area contributed by atoms with Gasteiger partial charge < -0.3 is 0 Å². The number of hydrogen-bond donors (Lipinski definition) is 0. The molecule has 0 atom stereocenters. The number of benzene rings is 2. The molecule has 2 aromatic heterocycles. The fraction of sp³-hybridized carbons (Fsp3) is 0.292. The Balaban J connectivity index is 2.11. The van der Waals surface area contributed by atoms with Gasteiger partial charge in [-0.3, -0.25) is 0 Å². The van der Waals surface area contributed by atoms with Gasteiger partial charge in [-0.05, 0) is 56.9 Å². The average Bonchev–Trinajstić information content (AvgIpc) is 2.89. The second kappa shape index (κ2) is 6.51. The highest BCUT2D eigenvalue weighted by atomic mass is 32.1. The van der Waals surface area contributed by atoms with Gasteiger partial charge in [0.05, 0.1) is 15.9 Å². The van der Waals surface area contributed by atoms with Crippen molar-refractivity contribution in [2.75, 3.05) is 0 Å². The Hall–Kier alpha value is -2.19. The molecular weight excluding hydrogens is 334 g/mol. The SMILES string of the molecule is Cc1cc(C)cc(-c2nc3ccccc3c3c(C)c(CC(C)C)sc23)c1. The smallest absolute Gasteiger partial charge is 0.0888 e. The molecule has 0 spiro atoms. The van der Waals surface area contributed by atoms with Crippen molar-refractivity contribution in [1.82, 2.24) is 4.98 Å². The predicted molar refractivity (Wildman–Crippen MR) is 115 cm³/mol. The zero-order chi connectivity index (χ0) is 18.4. The highest BCUT2D eigenvalue weighted by molar-refractivity contribution is 7.20. The predicted octanol–water partition coefficient (Wildman–Crippen LogP) is 7.24. The molecular formula is C24H25NS. The van der Waals surface area contributed by atoms with Crippen molar-refractivity contribution >= 4 is 32.3 Å². The summed E-state index contributed by atoms with van der Waals surface area (Å²) in [7, 11) is 0. The molecule has 0 aliphatic carbocycles. The van der Waals surface area contributed by atoms with Crippen molar-refractivity contribution < 1.29 is 0 Å². The van der Waals surface area contributed by atoms with Crippen LogP contribution in [-0.4, -0.2) is 4.98 Å². The number of para-hydroxylation sites is 1. The molecule has 0 aliphatic heterocycles. The lowest BCUT2D eigenvalue weighted by molar-refractivity contribution is 0.652. The van der Waals surface area contributed by atoms with Crippen LogP contribution in [0.3, 0.4) is 0 Å². The van der Waals surface area contributed by atoms with Crippen LogP contribution < -0.4 is 0 Å². The van der Waals surface area contributed by atoms with Gasteiger partial charge in [-0.2, -0.15) is 0 Å². The van der Waals surface area contributed by atoms with Crippen molar-refractivity contribution in [3.8, 4) is 11.3 Å². The minimum atomic E-state index is 0.658. The molecule has 0 bridgehead atoms. The van der Waals surface area contributed by atoms with Crippen LogP contribution in [0.4, 0.5) is 0 Å². The number of aromatic nitrogens is 1. The molecule has 1 nitrogen and oxygen atoms in total. The van der Waals surface area contributed by atoms with Gasteiger partial charge in [0.2, 0.25) is 0 Å². The summed E-state index contributed by atoms with van der Waals surface area (Å²) in [6, 6.07) is 15.3. The lowest BCUT2D eigenvalue weighted by Crippen LogP contribution is -1.92. The van der Waals surface area contributed by atoms with Gasteiger partial charge in [0.1, 0.15) is 0 Å². The number of rotatable bonds is 3. The van der Waals surface area contributed by atoms with Crippen LogP contribution in [0.5, 0.6) is 0 Å². The molecule has 0 saturated carbocycles. The van der Waals surface area contributed by atoms with Gasteiger partial charge in [-0.15, -0.1) is 11.3 Å². The van der Waals surface area contributed by atoms with E-state index in [-0.39, 0.29) is 0 Å². The molecule has 4 aromatic rings. The first kappa shape index (κ1) is 17.2. The van der Waals surface area contributed by atoms with Crippen molar-refractivity contribution in [2.45, 2.75) is 41.0 Å². The summed E-state index contributed by atoms with van der Waals surface area (Å²) in [5.41, 5.74) is 7.47. The van der Waals surface area contributed by atoms with E-state index in [2.05, 4.69) is 77.1 Å². The first-order valence-electron chi connectivity index (χ1n) is 9.33. The van der Waals surface area contributed by atoms with E-state index in [0.717, 1.165) is 17.6 Å². The van der Waals surface area contributed by atoms with E-state index < -0.39 is 0 Å². The summed E-state index contributed by atoms with van der Waals surface area (Å²) >= 11 is 1.94. The Morgan fingerprint density at radius 2 is 1.65 bits per heavy atom. The van der Waals surface area contributed by atoms with Crippen molar-refractivity contribution in [2.24, 2.45) is 5.92 Å². The molecule has 0 aliphatic rings. The van der Waals surface area contributed by atoms with E-state index >= 15 is 0 Å². The van der Waals surface area contributed by atoms with E-state index in [1.54, 1.807) is 0 Å². The summed E-state index contributed by atoms with van der Waals surface area (Å²) in [4.78, 5) is 6.60. The highest BCUT2D eigenvalue weighted by Crippen LogP contribution is 2.41. The van der Waals surface area contributed by atoms with Gasteiger partial charge in [-0.25, -0.2) is 4.98 Å². The van der Waals surface area contributed by atoms with E-state index in [0.29, 0.717) is 5.92 Å². The van der Waals surface area contributed by atoms with E-state index in [1.807, 2.05) is 11.3 Å². The van der Waals surface area contributed by atoms with Crippen LogP contribution in [-0.2, 0) is 6.42 Å². The molecule has 0 unspecified atom stereocenters. The standard InChI is InChI=1S/C24H25NS/c1-14(2)10-21-17(5)22-19-8-6-7-9-20(19)25-23(24(22)26-21)18-12-15(3)11-16(4)13-18/h6-9,11-14H,10H2,1-5H3. The molecule has 4 rings (SSSR count). The number of thiophene rings is 1. The number of aryl methyl sites for hydroxylation is 3. The third kappa shape index (κ3) is 2.93. The Labute approximate surface area is 159 Å². The van der Waals surface area contributed by atoms with Crippen molar-refractivity contribution in [3.05, 3.63) is 64.0 Å². The molecule has 0 fully saturated rings. The molecule has 2 aromatic carbocycles. The monoisotopic (exact) mass is 359 g/mol. The van der Waals surface area contributed by atoms with Gasteiger partial charge >= 0.3 is 0 Å². The quantitative estimate of drug-likeness (QED) is 0.375. The van der Waals surface area contributed by atoms with E-state index in [4.69, 9.17) is 4.98 Å². The van der Waals surface area contributed by atoms with Crippen molar-refractivity contribution in [3.63, 3.8) is 0 Å². The van der Waals surface area contributed by atoms with Crippen LogP contribution in [0.15, 0.2) is 42.5 Å². The highest BCUT2D eigenvalue weighted by Gasteiger charge is 2.18. The normalized spacial score (nSPS) is 11.8. The molecule has 0 saturated heterocycles. The van der Waals surface area contributed by atoms with Crippen molar-refractivity contribution in [1.29, 1.82) is 0 Å². The summed E-state index contributed by atoms with van der Waals surface area (Å²) < 4.78 is 1.34. The first-order chi connectivity index (χ1) is 12.4. The summed E-state index contributed by atoms with van der Waals surface area (Å²) in [6.07, 6.45) is 1.13. The second-order valence-corrected chi connectivity index (χ2v) is 8.91. The number of hydrogen-bond acceptors (Lipinski definition) is 2. The Morgan fingerprint density at radius 1 is 0.962 bits per heavy atom. The maximum atomic E-state index is 5.10. The topological polar surface area (TPSA) is 12.9 Å². The maximum absolute atomic E-state index is 5.10. The van der Waals surface area contributed by atoms with Crippen LogP contribution in [0.25, 0.3) is 32.2 Å². The number of pyridine rings is 1. The average molecular weight is 360 g/mol. The lowest BCUT2D eigenvalue weighted by atomic mass is 9.99. The molecule has 132 valence electrons. The number of fused-ring (bicyclic) bond motifs is 3. The van der Waals surface area contributed by atoms with Crippen LogP contribution in [0.2, 0.25) is 0 Å². The van der Waals surface area contributed by atoms with Crippen LogP contribution >= 0.6 is 11.3 Å². The van der Waals surface area contributed by atoms with Gasteiger partial charge in [0, 0.05) is 21.2 Å². The van der Waals surface area contributed by atoms with Gasteiger partial charge in [-0.1, -0.05) is 49.2 Å². The third-order valence-corrected chi connectivity index (χ3v) is 6.28. The fourth-order valence-corrected chi connectivity index (χ4v) is 5.42. The molecule has 0 N–H and O–H groups in total. The zero-order valence-corrected chi connectivity index (χ0v) is 17.0. The van der Waals surface area contributed by atoms with Crippen LogP contribution in [0.1, 0.15) is 35.4 Å². The van der Waals surface area contributed by atoms with E-state index in [1.165, 1.54) is 42.6 Å². The number of nitrogens with zero attached hydrogens (tertiary/aromatic N) is 1. The van der Waals surface area contributed by atoms with Crippen LogP contribution in [0, 0.1) is 26.7 Å². The third-order valence-electron chi connectivity index (χ3n) is 4.96.